The van der Waals surface area contributed by atoms with E-state index in [2.05, 4.69) is 15.5 Å². The maximum absolute atomic E-state index is 12.2. The molecule has 0 spiro atoms. The summed E-state index contributed by atoms with van der Waals surface area (Å²) < 4.78 is 5.16. The predicted octanol–water partition coefficient (Wildman–Crippen LogP) is -0.261. The van der Waals surface area contributed by atoms with Crippen molar-refractivity contribution >= 4 is 23.4 Å². The van der Waals surface area contributed by atoms with E-state index in [1.807, 2.05) is 24.3 Å². The van der Waals surface area contributed by atoms with Gasteiger partial charge in [-0.15, -0.1) is 0 Å². The van der Waals surface area contributed by atoms with E-state index in [1.165, 1.54) is 0 Å². The molecule has 1 aliphatic carbocycles. The van der Waals surface area contributed by atoms with Crippen molar-refractivity contribution in [1.29, 1.82) is 0 Å². The summed E-state index contributed by atoms with van der Waals surface area (Å²) >= 11 is 0. The van der Waals surface area contributed by atoms with Crippen molar-refractivity contribution in [2.45, 2.75) is 18.9 Å². The van der Waals surface area contributed by atoms with Gasteiger partial charge in [0, 0.05) is 37.9 Å². The van der Waals surface area contributed by atoms with Crippen molar-refractivity contribution in [1.82, 2.24) is 15.5 Å². The molecule has 3 rings (SSSR count). The Balaban J connectivity index is 1.41. The Morgan fingerprint density at radius 1 is 1.04 bits per heavy atom. The van der Waals surface area contributed by atoms with Crippen LogP contribution >= 0.6 is 0 Å². The summed E-state index contributed by atoms with van der Waals surface area (Å²) in [5.74, 6) is -0.775. The Kier molecular flexibility index (Phi) is 5.60. The minimum atomic E-state index is -0.748. The highest BCUT2D eigenvalue weighted by molar-refractivity contribution is 6.35. The molecule has 0 bridgehead atoms. The molecule has 1 aromatic rings. The summed E-state index contributed by atoms with van der Waals surface area (Å²) in [4.78, 5) is 39.4. The fourth-order valence-corrected chi connectivity index (χ4v) is 2.83. The molecule has 0 unspecified atom stereocenters. The van der Waals surface area contributed by atoms with E-state index >= 15 is 0 Å². The topological polar surface area (TPSA) is 91.0 Å². The molecule has 0 atom stereocenters. The van der Waals surface area contributed by atoms with Gasteiger partial charge in [0.05, 0.1) is 13.7 Å². The van der Waals surface area contributed by atoms with Crippen molar-refractivity contribution < 1.29 is 19.1 Å². The van der Waals surface area contributed by atoms with Crippen LogP contribution in [-0.2, 0) is 14.4 Å². The van der Waals surface area contributed by atoms with E-state index < -0.39 is 11.8 Å². The highest BCUT2D eigenvalue weighted by atomic mass is 16.5. The van der Waals surface area contributed by atoms with E-state index in [-0.39, 0.29) is 18.5 Å². The van der Waals surface area contributed by atoms with E-state index in [9.17, 15) is 14.4 Å². The first-order valence-electron chi connectivity index (χ1n) is 8.82. The van der Waals surface area contributed by atoms with Crippen molar-refractivity contribution in [2.75, 3.05) is 44.7 Å². The van der Waals surface area contributed by atoms with Gasteiger partial charge in [0.2, 0.25) is 5.91 Å². The molecule has 2 N–H and O–H groups in total. The van der Waals surface area contributed by atoms with Crippen LogP contribution in [0, 0.1) is 0 Å². The van der Waals surface area contributed by atoms with Crippen molar-refractivity contribution in [3.8, 4) is 5.75 Å². The van der Waals surface area contributed by atoms with Gasteiger partial charge >= 0.3 is 11.8 Å². The maximum Gasteiger partial charge on any atom is 0.309 e. The van der Waals surface area contributed by atoms with Crippen molar-refractivity contribution in [3.05, 3.63) is 24.3 Å². The van der Waals surface area contributed by atoms with Gasteiger partial charge < -0.3 is 25.2 Å². The number of carbonyl (C=O) groups is 3. The van der Waals surface area contributed by atoms with E-state index in [4.69, 9.17) is 4.74 Å². The Hall–Kier alpha value is -2.77. The second-order valence-corrected chi connectivity index (χ2v) is 6.50. The number of nitrogens with zero attached hydrogens (tertiary/aromatic N) is 2. The number of amides is 3. The zero-order valence-corrected chi connectivity index (χ0v) is 14.9. The Bertz CT molecular complexity index is 664. The minimum absolute atomic E-state index is 0.120. The third-order valence-electron chi connectivity index (χ3n) is 4.59. The van der Waals surface area contributed by atoms with Crippen LogP contribution in [0.3, 0.4) is 0 Å². The van der Waals surface area contributed by atoms with Crippen LogP contribution in [0.4, 0.5) is 5.69 Å². The van der Waals surface area contributed by atoms with Crippen LogP contribution in [0.2, 0.25) is 0 Å². The molecule has 2 aliphatic rings. The molecule has 26 heavy (non-hydrogen) atoms. The number of hydrogen-bond acceptors (Lipinski definition) is 5. The number of anilines is 1. The number of rotatable bonds is 5. The van der Waals surface area contributed by atoms with Gasteiger partial charge in [-0.1, -0.05) is 0 Å². The smallest absolute Gasteiger partial charge is 0.309 e. The predicted molar refractivity (Wildman–Crippen MR) is 96.0 cm³/mol. The summed E-state index contributed by atoms with van der Waals surface area (Å²) in [6.45, 7) is 2.44. The zero-order chi connectivity index (χ0) is 18.5. The molecular formula is C18H24N4O4. The van der Waals surface area contributed by atoms with Gasteiger partial charge in [-0.05, 0) is 37.1 Å². The van der Waals surface area contributed by atoms with Gasteiger partial charge in [-0.3, -0.25) is 14.4 Å². The van der Waals surface area contributed by atoms with Crippen LogP contribution in [0.5, 0.6) is 5.75 Å². The molecule has 140 valence electrons. The lowest BCUT2D eigenvalue weighted by molar-refractivity contribution is -0.140. The highest BCUT2D eigenvalue weighted by Crippen LogP contribution is 2.20. The number of hydrogen-bond donors (Lipinski definition) is 2. The summed E-state index contributed by atoms with van der Waals surface area (Å²) in [5.41, 5.74) is 1.09. The number of methoxy groups -OCH3 is 1. The Morgan fingerprint density at radius 3 is 2.27 bits per heavy atom. The van der Waals surface area contributed by atoms with Crippen LogP contribution in [-0.4, -0.2) is 68.5 Å². The fraction of sp³-hybridized carbons (Fsp3) is 0.500. The van der Waals surface area contributed by atoms with Gasteiger partial charge in [0.1, 0.15) is 5.75 Å². The summed E-state index contributed by atoms with van der Waals surface area (Å²) in [7, 11) is 1.63. The monoisotopic (exact) mass is 360 g/mol. The lowest BCUT2D eigenvalue weighted by Gasteiger charge is -2.36. The Labute approximate surface area is 152 Å². The van der Waals surface area contributed by atoms with Gasteiger partial charge in [-0.25, -0.2) is 0 Å². The zero-order valence-electron chi connectivity index (χ0n) is 14.9. The highest BCUT2D eigenvalue weighted by Gasteiger charge is 2.27. The summed E-state index contributed by atoms with van der Waals surface area (Å²) in [6, 6.07) is 7.93. The molecule has 1 aliphatic heterocycles. The third kappa shape index (κ3) is 4.65. The normalized spacial score (nSPS) is 16.8. The molecule has 8 nitrogen and oxygen atoms in total. The van der Waals surface area contributed by atoms with Crippen LogP contribution in [0.1, 0.15) is 12.8 Å². The molecule has 1 heterocycles. The summed E-state index contributed by atoms with van der Waals surface area (Å²) in [6.07, 6.45) is 1.83. The minimum Gasteiger partial charge on any atom is -0.497 e. The van der Waals surface area contributed by atoms with E-state index in [1.54, 1.807) is 12.0 Å². The van der Waals surface area contributed by atoms with E-state index in [0.717, 1.165) is 24.3 Å². The van der Waals surface area contributed by atoms with Crippen LogP contribution < -0.4 is 20.3 Å². The number of carbonyl (C=O) groups excluding carboxylic acids is 3. The molecular weight excluding hydrogens is 336 g/mol. The quantitative estimate of drug-likeness (QED) is 0.706. The molecule has 3 amide bonds. The Morgan fingerprint density at radius 2 is 1.69 bits per heavy atom. The molecule has 0 aromatic heterocycles. The average Bonchev–Trinajstić information content (AvgIpc) is 3.50. The molecule has 1 saturated heterocycles. The number of piperazine rings is 1. The van der Waals surface area contributed by atoms with E-state index in [0.29, 0.717) is 26.2 Å². The average molecular weight is 360 g/mol. The number of nitrogens with one attached hydrogen (secondary N) is 2. The molecule has 2 fully saturated rings. The van der Waals surface area contributed by atoms with Crippen LogP contribution in [0.25, 0.3) is 0 Å². The molecule has 1 saturated carbocycles. The lowest BCUT2D eigenvalue weighted by atomic mass is 10.2. The second-order valence-electron chi connectivity index (χ2n) is 6.50. The van der Waals surface area contributed by atoms with Crippen molar-refractivity contribution in [3.63, 3.8) is 0 Å². The number of ether oxygens (including phenoxy) is 1. The SMILES string of the molecule is COc1ccc(N2CCN(C(=O)CNC(=O)C(=O)NC3CC3)CC2)cc1. The third-order valence-corrected chi connectivity index (χ3v) is 4.59. The van der Waals surface area contributed by atoms with Crippen molar-refractivity contribution in [2.24, 2.45) is 0 Å². The first kappa shape index (κ1) is 18.0. The fourth-order valence-electron chi connectivity index (χ4n) is 2.83. The summed E-state index contributed by atoms with van der Waals surface area (Å²) in [5, 5.41) is 5.00. The van der Waals surface area contributed by atoms with Gasteiger partial charge in [0.15, 0.2) is 0 Å². The maximum atomic E-state index is 12.2. The molecule has 1 aromatic carbocycles. The standard InChI is InChI=1S/C18H24N4O4/c1-26-15-6-4-14(5-7-15)21-8-10-22(11-9-21)16(23)12-19-17(24)18(25)20-13-2-3-13/h4-7,13H,2-3,8-12H2,1H3,(H,19,24)(H,20,25). The molecule has 0 radical (unpaired) electrons. The number of benzene rings is 1. The first-order valence-corrected chi connectivity index (χ1v) is 8.82. The van der Waals surface area contributed by atoms with Gasteiger partial charge in [0.25, 0.3) is 0 Å². The molecule has 8 heteroatoms. The first-order chi connectivity index (χ1) is 12.6. The van der Waals surface area contributed by atoms with Gasteiger partial charge in [-0.2, -0.15) is 0 Å². The second kappa shape index (κ2) is 8.07. The lowest BCUT2D eigenvalue weighted by Crippen LogP contribution is -2.52. The van der Waals surface area contributed by atoms with Crippen LogP contribution in [0.15, 0.2) is 24.3 Å². The largest absolute Gasteiger partial charge is 0.497 e.